The van der Waals surface area contributed by atoms with E-state index in [1.165, 1.54) is 0 Å². The van der Waals surface area contributed by atoms with Gasteiger partial charge in [-0.2, -0.15) is 0 Å². The molecule has 2 rings (SSSR count). The van der Waals surface area contributed by atoms with Crippen molar-refractivity contribution in [1.29, 1.82) is 0 Å². The van der Waals surface area contributed by atoms with Crippen LogP contribution in [0.3, 0.4) is 0 Å². The van der Waals surface area contributed by atoms with Crippen LogP contribution in [0.25, 0.3) is 0 Å². The predicted octanol–water partition coefficient (Wildman–Crippen LogP) is -4.87. The first-order valence-corrected chi connectivity index (χ1v) is 8.82. The Bertz CT molecular complexity index is 583. The minimum absolute atomic E-state index is 0.723. The molecule has 0 aromatic heterocycles. The molecule has 13 heteroatoms. The highest BCUT2D eigenvalue weighted by Gasteiger charge is 2.52. The molecule has 0 aromatic carbocycles. The van der Waals surface area contributed by atoms with Crippen molar-refractivity contribution in [2.75, 3.05) is 6.61 Å². The number of ether oxygens (including phenoxy) is 4. The van der Waals surface area contributed by atoms with Gasteiger partial charge in [0, 0.05) is 6.92 Å². The summed E-state index contributed by atoms with van der Waals surface area (Å²) >= 11 is 0. The molecule has 11 atom stereocenters. The van der Waals surface area contributed by atoms with Crippen molar-refractivity contribution < 1.29 is 64.3 Å². The van der Waals surface area contributed by atoms with Crippen LogP contribution < -0.4 is 0 Å². The molecule has 13 nitrogen and oxygen atoms in total. The number of ketones is 1. The molecule has 0 aliphatic carbocycles. The average molecular weight is 426 g/mol. The summed E-state index contributed by atoms with van der Waals surface area (Å²) in [6, 6.07) is 0. The van der Waals surface area contributed by atoms with Crippen LogP contribution in [0.15, 0.2) is 0 Å². The number of Topliss-reactive ketones (excluding diaryl/α,β-unsaturated/α-hetero) is 1. The lowest BCUT2D eigenvalue weighted by Crippen LogP contribution is -2.66. The molecule has 2 aliphatic rings. The first-order chi connectivity index (χ1) is 13.5. The molecule has 7 N–H and O–H groups in total. The number of carbonyl (C=O) groups is 2. The largest absolute Gasteiger partial charge is 0.452 e. The molecular weight excluding hydrogens is 400 g/mol. The fraction of sp³-hybridized carbons (Fsp3) is 0.875. The number of aliphatic hydroxyl groups is 7. The van der Waals surface area contributed by atoms with E-state index < -0.39 is 85.9 Å². The van der Waals surface area contributed by atoms with Crippen molar-refractivity contribution >= 4 is 11.8 Å². The molecule has 29 heavy (non-hydrogen) atoms. The number of rotatable bonds is 6. The maximum atomic E-state index is 11.8. The standard InChI is InChI=1S/C16H26O13/c1-4(18)12(26-5(2)19)14-8(21)7(20)11(24)16(29-14)28-13-6(3-17)27-15(25)10(23)9(13)22/h6-17,20-25H,3H2,1-2H3/t6-,7+,8-,9-,10-,11-,12?,13-,14+,15+,16-/m1/s1. The fourth-order valence-corrected chi connectivity index (χ4v) is 3.19. The Labute approximate surface area is 165 Å². The number of hydrogen-bond acceptors (Lipinski definition) is 13. The van der Waals surface area contributed by atoms with E-state index in [0.29, 0.717) is 0 Å². The lowest BCUT2D eigenvalue weighted by molar-refractivity contribution is -0.357. The zero-order valence-electron chi connectivity index (χ0n) is 15.6. The summed E-state index contributed by atoms with van der Waals surface area (Å²) in [6.07, 6.45) is -19.0. The van der Waals surface area contributed by atoms with Crippen LogP contribution in [0.4, 0.5) is 0 Å². The van der Waals surface area contributed by atoms with Crippen molar-refractivity contribution in [3.8, 4) is 0 Å². The summed E-state index contributed by atoms with van der Waals surface area (Å²) in [5, 5.41) is 69.2. The van der Waals surface area contributed by atoms with Crippen molar-refractivity contribution in [3.05, 3.63) is 0 Å². The van der Waals surface area contributed by atoms with Crippen molar-refractivity contribution in [2.24, 2.45) is 0 Å². The number of hydrogen-bond donors (Lipinski definition) is 7. The van der Waals surface area contributed by atoms with E-state index >= 15 is 0 Å². The second-order valence-corrected chi connectivity index (χ2v) is 6.91. The second-order valence-electron chi connectivity index (χ2n) is 6.91. The minimum Gasteiger partial charge on any atom is -0.452 e. The lowest BCUT2D eigenvalue weighted by Gasteiger charge is -2.46. The minimum atomic E-state index is -1.90. The molecule has 2 aliphatic heterocycles. The maximum absolute atomic E-state index is 11.8. The Hall–Kier alpha value is -1.26. The molecule has 2 heterocycles. The van der Waals surface area contributed by atoms with Crippen molar-refractivity contribution in [3.63, 3.8) is 0 Å². The van der Waals surface area contributed by atoms with Gasteiger partial charge in [-0.15, -0.1) is 0 Å². The maximum Gasteiger partial charge on any atom is 0.303 e. The highest BCUT2D eigenvalue weighted by Crippen LogP contribution is 2.30. The van der Waals surface area contributed by atoms with Gasteiger partial charge in [0.1, 0.15) is 48.8 Å². The molecule has 0 radical (unpaired) electrons. The third-order valence-corrected chi connectivity index (χ3v) is 4.73. The smallest absolute Gasteiger partial charge is 0.303 e. The molecule has 0 bridgehead atoms. The topological polar surface area (TPSA) is 213 Å². The zero-order chi connectivity index (χ0) is 22.0. The molecule has 0 spiro atoms. The van der Waals surface area contributed by atoms with Gasteiger partial charge in [-0.25, -0.2) is 0 Å². The Kier molecular flexibility index (Phi) is 8.03. The van der Waals surface area contributed by atoms with E-state index in [4.69, 9.17) is 18.9 Å². The predicted molar refractivity (Wildman–Crippen MR) is 87.8 cm³/mol. The number of aliphatic hydroxyl groups excluding tert-OH is 7. The monoisotopic (exact) mass is 426 g/mol. The van der Waals surface area contributed by atoms with E-state index in [0.717, 1.165) is 13.8 Å². The highest BCUT2D eigenvalue weighted by atomic mass is 16.7. The van der Waals surface area contributed by atoms with Gasteiger partial charge < -0.3 is 54.7 Å². The Morgan fingerprint density at radius 1 is 0.897 bits per heavy atom. The molecule has 168 valence electrons. The van der Waals surface area contributed by atoms with Crippen LogP contribution in [-0.2, 0) is 28.5 Å². The summed E-state index contributed by atoms with van der Waals surface area (Å²) in [6.45, 7) is 1.31. The SMILES string of the molecule is CC(=O)OC(C(C)=O)[C@H]1O[C@@H](O[C@H]2[C@H](O)[C@@H](O)[C@@H](O)O[C@@H]2CO)[C@H](O)[C@@H](O)[C@H]1O. The Morgan fingerprint density at radius 3 is 2.03 bits per heavy atom. The summed E-state index contributed by atoms with van der Waals surface area (Å²) in [5.41, 5.74) is 0. The Morgan fingerprint density at radius 2 is 1.52 bits per heavy atom. The molecule has 0 aromatic rings. The second kappa shape index (κ2) is 9.70. The normalized spacial score (nSPS) is 44.2. The average Bonchev–Trinajstić information content (AvgIpc) is 2.66. The Balaban J connectivity index is 2.24. The first kappa shape index (κ1) is 24.0. The van der Waals surface area contributed by atoms with Gasteiger partial charge in [0.15, 0.2) is 24.5 Å². The third kappa shape index (κ3) is 5.08. The van der Waals surface area contributed by atoms with Gasteiger partial charge in [0.25, 0.3) is 0 Å². The van der Waals surface area contributed by atoms with Gasteiger partial charge >= 0.3 is 5.97 Å². The van der Waals surface area contributed by atoms with E-state index in [1.54, 1.807) is 0 Å². The number of esters is 1. The highest BCUT2D eigenvalue weighted by molar-refractivity contribution is 5.83. The number of carbonyl (C=O) groups excluding carboxylic acids is 2. The van der Waals surface area contributed by atoms with Crippen LogP contribution in [0, 0.1) is 0 Å². The van der Waals surface area contributed by atoms with E-state index in [9.17, 15) is 45.3 Å². The van der Waals surface area contributed by atoms with Gasteiger partial charge in [0.05, 0.1) is 6.61 Å². The summed E-state index contributed by atoms with van der Waals surface area (Å²) < 4.78 is 20.4. The van der Waals surface area contributed by atoms with Crippen molar-refractivity contribution in [2.45, 2.75) is 81.4 Å². The first-order valence-electron chi connectivity index (χ1n) is 8.82. The molecule has 0 saturated carbocycles. The van der Waals surface area contributed by atoms with Gasteiger partial charge in [-0.1, -0.05) is 0 Å². The molecule has 0 amide bonds. The molecule has 2 fully saturated rings. The van der Waals surface area contributed by atoms with Crippen LogP contribution in [-0.4, -0.2) is 122 Å². The van der Waals surface area contributed by atoms with E-state index in [2.05, 4.69) is 0 Å². The molecular formula is C16H26O13. The van der Waals surface area contributed by atoms with Gasteiger partial charge in [-0.05, 0) is 6.92 Å². The van der Waals surface area contributed by atoms with E-state index in [-0.39, 0.29) is 0 Å². The van der Waals surface area contributed by atoms with Crippen LogP contribution in [0.2, 0.25) is 0 Å². The van der Waals surface area contributed by atoms with E-state index in [1.807, 2.05) is 0 Å². The summed E-state index contributed by atoms with van der Waals surface area (Å²) in [7, 11) is 0. The fourth-order valence-electron chi connectivity index (χ4n) is 3.19. The summed E-state index contributed by atoms with van der Waals surface area (Å²) in [5.74, 6) is -1.59. The summed E-state index contributed by atoms with van der Waals surface area (Å²) in [4.78, 5) is 23.1. The zero-order valence-corrected chi connectivity index (χ0v) is 15.6. The van der Waals surface area contributed by atoms with Gasteiger partial charge in [-0.3, -0.25) is 9.59 Å². The van der Waals surface area contributed by atoms with Crippen molar-refractivity contribution in [1.82, 2.24) is 0 Å². The quantitative estimate of drug-likeness (QED) is 0.199. The lowest BCUT2D eigenvalue weighted by atomic mass is 9.93. The van der Waals surface area contributed by atoms with Crippen LogP contribution in [0.5, 0.6) is 0 Å². The van der Waals surface area contributed by atoms with Crippen LogP contribution >= 0.6 is 0 Å². The molecule has 1 unspecified atom stereocenters. The molecule has 2 saturated heterocycles. The third-order valence-electron chi connectivity index (χ3n) is 4.73. The van der Waals surface area contributed by atoms with Crippen LogP contribution in [0.1, 0.15) is 13.8 Å². The van der Waals surface area contributed by atoms with Gasteiger partial charge in [0.2, 0.25) is 0 Å².